The second kappa shape index (κ2) is 5.79. The molecule has 1 atom stereocenters. The Morgan fingerprint density at radius 1 is 1.06 bits per heavy atom. The van der Waals surface area contributed by atoms with Crippen molar-refractivity contribution in [3.8, 4) is 0 Å². The summed E-state index contributed by atoms with van der Waals surface area (Å²) in [5, 5.41) is 1.49. The highest BCUT2D eigenvalue weighted by Gasteiger charge is 2.27. The Balaban J connectivity index is 0.00000225. The Labute approximate surface area is 118 Å². The van der Waals surface area contributed by atoms with Gasteiger partial charge in [-0.25, -0.2) is 0 Å². The second-order valence-electron chi connectivity index (χ2n) is 4.60. The molecule has 1 aromatic rings. The van der Waals surface area contributed by atoms with Gasteiger partial charge in [0.1, 0.15) is 0 Å². The highest BCUT2D eigenvalue weighted by molar-refractivity contribution is 6.44. The minimum atomic E-state index is -0.240. The van der Waals surface area contributed by atoms with E-state index in [0.717, 1.165) is 5.56 Å². The van der Waals surface area contributed by atoms with E-state index in [9.17, 15) is 0 Å². The molecule has 0 unspecified atom stereocenters. The SMILES string of the molecule is CC(C)(C)[C@@H](N)c1c(Cl)ccc(Cl)c1Cl.Cl. The van der Waals surface area contributed by atoms with Crippen LogP contribution < -0.4 is 5.73 Å². The van der Waals surface area contributed by atoms with Crippen LogP contribution in [0.1, 0.15) is 32.4 Å². The molecule has 0 aliphatic rings. The lowest BCUT2D eigenvalue weighted by molar-refractivity contribution is 0.327. The predicted molar refractivity (Wildman–Crippen MR) is 75.1 cm³/mol. The Bertz CT molecular complexity index is 371. The number of hydrogen-bond acceptors (Lipinski definition) is 1. The van der Waals surface area contributed by atoms with Gasteiger partial charge in [-0.1, -0.05) is 55.6 Å². The molecule has 16 heavy (non-hydrogen) atoms. The molecule has 0 aliphatic heterocycles. The minimum Gasteiger partial charge on any atom is -0.323 e. The summed E-state index contributed by atoms with van der Waals surface area (Å²) in [5.41, 5.74) is 6.72. The minimum absolute atomic E-state index is 0. The Morgan fingerprint density at radius 2 is 1.50 bits per heavy atom. The lowest BCUT2D eigenvalue weighted by Gasteiger charge is -2.29. The smallest absolute Gasteiger partial charge is 0.0655 e. The monoisotopic (exact) mass is 301 g/mol. The average molecular weight is 303 g/mol. The third-order valence-electron chi connectivity index (χ3n) is 2.32. The van der Waals surface area contributed by atoms with Gasteiger partial charge in [0, 0.05) is 16.6 Å². The molecular formula is C11H15Cl4N. The Kier molecular flexibility index (Phi) is 5.91. The quantitative estimate of drug-likeness (QED) is 0.716. The maximum Gasteiger partial charge on any atom is 0.0655 e. The molecule has 5 heteroatoms. The van der Waals surface area contributed by atoms with E-state index in [1.165, 1.54) is 0 Å². The van der Waals surface area contributed by atoms with E-state index in [-0.39, 0.29) is 23.9 Å². The van der Waals surface area contributed by atoms with Crippen molar-refractivity contribution in [2.45, 2.75) is 26.8 Å². The fourth-order valence-electron chi connectivity index (χ4n) is 1.26. The number of nitrogens with two attached hydrogens (primary N) is 1. The van der Waals surface area contributed by atoms with Crippen LogP contribution in [0.5, 0.6) is 0 Å². The zero-order valence-electron chi connectivity index (χ0n) is 9.35. The molecule has 2 N–H and O–H groups in total. The molecule has 0 amide bonds. The van der Waals surface area contributed by atoms with Gasteiger partial charge in [0.05, 0.1) is 10.0 Å². The van der Waals surface area contributed by atoms with Gasteiger partial charge >= 0.3 is 0 Å². The van der Waals surface area contributed by atoms with E-state index in [1.54, 1.807) is 12.1 Å². The van der Waals surface area contributed by atoms with Crippen molar-refractivity contribution >= 4 is 47.2 Å². The zero-order chi connectivity index (χ0) is 11.8. The molecule has 0 fully saturated rings. The van der Waals surface area contributed by atoms with Crippen LogP contribution >= 0.6 is 47.2 Å². The number of rotatable bonds is 1. The lowest BCUT2D eigenvalue weighted by atomic mass is 9.83. The van der Waals surface area contributed by atoms with Crippen molar-refractivity contribution in [1.29, 1.82) is 0 Å². The Morgan fingerprint density at radius 3 is 1.94 bits per heavy atom. The van der Waals surface area contributed by atoms with Crippen LogP contribution in [-0.4, -0.2) is 0 Å². The topological polar surface area (TPSA) is 26.0 Å². The van der Waals surface area contributed by atoms with Gasteiger partial charge in [-0.3, -0.25) is 0 Å². The van der Waals surface area contributed by atoms with Crippen LogP contribution in [0.2, 0.25) is 15.1 Å². The molecule has 0 spiro atoms. The third kappa shape index (κ3) is 3.41. The lowest BCUT2D eigenvalue weighted by Crippen LogP contribution is -2.26. The van der Waals surface area contributed by atoms with E-state index in [4.69, 9.17) is 40.5 Å². The van der Waals surface area contributed by atoms with Gasteiger partial charge in [-0.05, 0) is 17.5 Å². The molecule has 0 heterocycles. The highest BCUT2D eigenvalue weighted by Crippen LogP contribution is 2.41. The van der Waals surface area contributed by atoms with Crippen molar-refractivity contribution < 1.29 is 0 Å². The van der Waals surface area contributed by atoms with E-state index < -0.39 is 0 Å². The van der Waals surface area contributed by atoms with Gasteiger partial charge < -0.3 is 5.73 Å². The van der Waals surface area contributed by atoms with Crippen LogP contribution in [0.4, 0.5) is 0 Å². The summed E-state index contributed by atoms with van der Waals surface area (Å²) in [6.45, 7) is 6.10. The molecule has 92 valence electrons. The van der Waals surface area contributed by atoms with E-state index in [0.29, 0.717) is 15.1 Å². The summed E-state index contributed by atoms with van der Waals surface area (Å²) in [4.78, 5) is 0. The Hall–Kier alpha value is 0.340. The first-order valence-electron chi connectivity index (χ1n) is 4.64. The molecule has 0 bridgehead atoms. The summed E-state index contributed by atoms with van der Waals surface area (Å²) in [7, 11) is 0. The van der Waals surface area contributed by atoms with Crippen molar-refractivity contribution in [3.63, 3.8) is 0 Å². The zero-order valence-corrected chi connectivity index (χ0v) is 12.4. The number of hydrogen-bond donors (Lipinski definition) is 1. The molecule has 1 rings (SSSR count). The first-order chi connectivity index (χ1) is 6.75. The molecular weight excluding hydrogens is 288 g/mol. The van der Waals surface area contributed by atoms with Gasteiger partial charge in [-0.2, -0.15) is 0 Å². The van der Waals surface area contributed by atoms with Crippen LogP contribution in [0.25, 0.3) is 0 Å². The van der Waals surface area contributed by atoms with Crippen LogP contribution in [0, 0.1) is 5.41 Å². The predicted octanol–water partition coefficient (Wildman–Crippen LogP) is 5.11. The summed E-state index contributed by atoms with van der Waals surface area (Å²) in [6, 6.07) is 3.15. The molecule has 1 aromatic carbocycles. The van der Waals surface area contributed by atoms with E-state index in [2.05, 4.69) is 0 Å². The van der Waals surface area contributed by atoms with Crippen LogP contribution in [0.15, 0.2) is 12.1 Å². The third-order valence-corrected chi connectivity index (χ3v) is 3.47. The molecule has 0 saturated heterocycles. The van der Waals surface area contributed by atoms with Crippen molar-refractivity contribution in [1.82, 2.24) is 0 Å². The summed E-state index contributed by atoms with van der Waals surface area (Å²) in [5.74, 6) is 0. The first kappa shape index (κ1) is 16.3. The maximum atomic E-state index is 6.12. The number of benzene rings is 1. The fourth-order valence-corrected chi connectivity index (χ4v) is 2.03. The largest absolute Gasteiger partial charge is 0.323 e. The van der Waals surface area contributed by atoms with E-state index in [1.807, 2.05) is 20.8 Å². The van der Waals surface area contributed by atoms with Gasteiger partial charge in [0.15, 0.2) is 0 Å². The normalized spacial score (nSPS) is 13.2. The molecule has 0 saturated carbocycles. The molecule has 1 nitrogen and oxygen atoms in total. The fraction of sp³-hybridized carbons (Fsp3) is 0.455. The van der Waals surface area contributed by atoms with Crippen LogP contribution in [-0.2, 0) is 0 Å². The van der Waals surface area contributed by atoms with Crippen molar-refractivity contribution in [3.05, 3.63) is 32.8 Å². The summed E-state index contributed by atoms with van der Waals surface area (Å²) in [6.07, 6.45) is 0. The summed E-state index contributed by atoms with van der Waals surface area (Å²) >= 11 is 18.1. The van der Waals surface area contributed by atoms with Gasteiger partial charge in [-0.15, -0.1) is 12.4 Å². The van der Waals surface area contributed by atoms with E-state index >= 15 is 0 Å². The van der Waals surface area contributed by atoms with Gasteiger partial charge in [0.25, 0.3) is 0 Å². The van der Waals surface area contributed by atoms with Crippen LogP contribution in [0.3, 0.4) is 0 Å². The maximum absolute atomic E-state index is 6.12. The van der Waals surface area contributed by atoms with Crippen molar-refractivity contribution in [2.75, 3.05) is 0 Å². The molecule has 0 aromatic heterocycles. The van der Waals surface area contributed by atoms with Crippen molar-refractivity contribution in [2.24, 2.45) is 11.1 Å². The second-order valence-corrected chi connectivity index (χ2v) is 5.79. The molecule has 0 aliphatic carbocycles. The first-order valence-corrected chi connectivity index (χ1v) is 5.77. The standard InChI is InChI=1S/C11H14Cl3N.ClH/c1-11(2,3)10(15)8-6(12)4-5-7(13)9(8)14;/h4-5,10H,15H2,1-3H3;1H/t10-;/m0./s1. The number of halogens is 4. The van der Waals surface area contributed by atoms with Gasteiger partial charge in [0.2, 0.25) is 0 Å². The average Bonchev–Trinajstić information content (AvgIpc) is 2.10. The highest BCUT2D eigenvalue weighted by atomic mass is 35.5. The molecule has 0 radical (unpaired) electrons. The summed E-state index contributed by atoms with van der Waals surface area (Å²) < 4.78 is 0.